The van der Waals surface area contributed by atoms with Crippen LogP contribution in [0.2, 0.25) is 5.28 Å². The minimum absolute atomic E-state index is 0.00433. The average molecular weight is 313 g/mol. The fourth-order valence-corrected chi connectivity index (χ4v) is 2.62. The van der Waals surface area contributed by atoms with Crippen molar-refractivity contribution in [2.24, 2.45) is 0 Å². The average Bonchev–Trinajstić information content (AvgIpc) is 2.47. The van der Waals surface area contributed by atoms with Gasteiger partial charge in [-0.25, -0.2) is 0 Å². The molecule has 116 valence electrons. The minimum atomic E-state index is -0.262. The predicted molar refractivity (Wildman–Crippen MR) is 82.8 cm³/mol. The van der Waals surface area contributed by atoms with E-state index in [2.05, 4.69) is 20.3 Å². The van der Waals surface area contributed by atoms with E-state index in [4.69, 9.17) is 11.6 Å². The molecule has 0 aromatic carbocycles. The van der Waals surface area contributed by atoms with Crippen molar-refractivity contribution in [3.05, 3.63) is 5.28 Å². The minimum Gasteiger partial charge on any atom is -0.353 e. The Morgan fingerprint density at radius 1 is 1.29 bits per heavy atom. The molecule has 1 aliphatic rings. The van der Waals surface area contributed by atoms with Crippen LogP contribution in [0.4, 0.5) is 11.9 Å². The number of hydrogen-bond acceptors (Lipinski definition) is 6. The molecule has 0 bridgehead atoms. The van der Waals surface area contributed by atoms with Gasteiger partial charge < -0.3 is 15.1 Å². The highest BCUT2D eigenvalue weighted by molar-refractivity contribution is 6.28. The first-order chi connectivity index (χ1) is 10.1. The molecule has 1 fully saturated rings. The molecular formula is C13H21ClN6O. The Kier molecular flexibility index (Phi) is 5.17. The Morgan fingerprint density at radius 2 is 2.00 bits per heavy atom. The Morgan fingerprint density at radius 3 is 2.62 bits per heavy atom. The summed E-state index contributed by atoms with van der Waals surface area (Å²) in [6.45, 7) is 8.86. The molecule has 0 saturated carbocycles. The third-order valence-corrected chi connectivity index (χ3v) is 3.77. The van der Waals surface area contributed by atoms with E-state index < -0.39 is 0 Å². The number of carbonyl (C=O) groups is 1. The third-order valence-electron chi connectivity index (χ3n) is 3.61. The molecule has 0 spiro atoms. The summed E-state index contributed by atoms with van der Waals surface area (Å²) in [5.74, 6) is 1.03. The second-order valence-corrected chi connectivity index (χ2v) is 5.12. The molecule has 1 unspecified atom stereocenters. The first-order valence-electron chi connectivity index (χ1n) is 7.31. The van der Waals surface area contributed by atoms with Crippen LogP contribution in [0.15, 0.2) is 0 Å². The summed E-state index contributed by atoms with van der Waals surface area (Å²) >= 11 is 6.04. The van der Waals surface area contributed by atoms with Gasteiger partial charge in [-0.05, 0) is 31.9 Å². The van der Waals surface area contributed by atoms with E-state index in [9.17, 15) is 4.79 Å². The number of anilines is 2. The molecule has 1 N–H and O–H groups in total. The maximum atomic E-state index is 12.0. The lowest BCUT2D eigenvalue weighted by Crippen LogP contribution is -2.55. The lowest BCUT2D eigenvalue weighted by molar-refractivity contribution is -0.123. The van der Waals surface area contributed by atoms with Gasteiger partial charge in [0.15, 0.2) is 0 Å². The molecule has 7 nitrogen and oxygen atoms in total. The smallest absolute Gasteiger partial charge is 0.242 e. The van der Waals surface area contributed by atoms with Gasteiger partial charge in [-0.2, -0.15) is 15.0 Å². The number of nitrogens with zero attached hydrogens (tertiary/aromatic N) is 5. The molecule has 1 atom stereocenters. The van der Waals surface area contributed by atoms with Gasteiger partial charge >= 0.3 is 0 Å². The number of hydrogen-bond donors (Lipinski definition) is 1. The highest BCUT2D eigenvalue weighted by atomic mass is 35.5. The predicted octanol–water partition coefficient (Wildman–Crippen LogP) is 1.09. The molecule has 1 saturated heterocycles. The molecule has 21 heavy (non-hydrogen) atoms. The van der Waals surface area contributed by atoms with Crippen LogP contribution in [-0.4, -0.2) is 53.1 Å². The lowest BCUT2D eigenvalue weighted by atomic mass is 10.1. The van der Waals surface area contributed by atoms with E-state index in [0.29, 0.717) is 31.4 Å². The van der Waals surface area contributed by atoms with E-state index >= 15 is 0 Å². The lowest BCUT2D eigenvalue weighted by Gasteiger charge is -2.34. The van der Waals surface area contributed by atoms with Gasteiger partial charge in [0.05, 0.1) is 0 Å². The van der Waals surface area contributed by atoms with Crippen molar-refractivity contribution >= 4 is 29.4 Å². The van der Waals surface area contributed by atoms with Gasteiger partial charge in [0.1, 0.15) is 6.04 Å². The van der Waals surface area contributed by atoms with Crippen molar-refractivity contribution in [3.63, 3.8) is 0 Å². The Bertz CT molecular complexity index is 507. The number of halogens is 1. The normalized spacial score (nSPS) is 18.6. The van der Waals surface area contributed by atoms with Gasteiger partial charge in [0.25, 0.3) is 0 Å². The van der Waals surface area contributed by atoms with Crippen LogP contribution in [0.25, 0.3) is 0 Å². The summed E-state index contributed by atoms with van der Waals surface area (Å²) in [6.07, 6.45) is 0.690. The quantitative estimate of drug-likeness (QED) is 0.877. The zero-order chi connectivity index (χ0) is 15.4. The van der Waals surface area contributed by atoms with Gasteiger partial charge in [-0.15, -0.1) is 0 Å². The third kappa shape index (κ3) is 3.34. The molecule has 8 heteroatoms. The number of amides is 1. The molecule has 1 aromatic heterocycles. The topological polar surface area (TPSA) is 74.2 Å². The van der Waals surface area contributed by atoms with E-state index in [1.54, 1.807) is 0 Å². The van der Waals surface area contributed by atoms with Crippen LogP contribution < -0.4 is 15.1 Å². The summed E-state index contributed by atoms with van der Waals surface area (Å²) in [4.78, 5) is 28.7. The van der Waals surface area contributed by atoms with E-state index in [1.165, 1.54) is 0 Å². The standard InChI is InChI=1S/C13H21ClN6O/c1-4-9-10(21)15-7-8-20(9)13-17-11(14)16-12(18-13)19(5-2)6-3/h9H,4-8H2,1-3H3,(H,15,21). The number of aromatic nitrogens is 3. The van der Waals surface area contributed by atoms with Crippen molar-refractivity contribution in [1.82, 2.24) is 20.3 Å². The summed E-state index contributed by atoms with van der Waals surface area (Å²) in [5.41, 5.74) is 0. The van der Waals surface area contributed by atoms with Crippen LogP contribution in [0, 0.1) is 0 Å². The maximum Gasteiger partial charge on any atom is 0.242 e. The summed E-state index contributed by atoms with van der Waals surface area (Å²) < 4.78 is 0. The molecule has 2 heterocycles. The van der Waals surface area contributed by atoms with Crippen LogP contribution in [0.1, 0.15) is 27.2 Å². The van der Waals surface area contributed by atoms with Crippen molar-refractivity contribution in [2.75, 3.05) is 36.0 Å². The molecule has 1 amide bonds. The Balaban J connectivity index is 2.36. The van der Waals surface area contributed by atoms with Crippen LogP contribution in [0.5, 0.6) is 0 Å². The zero-order valence-corrected chi connectivity index (χ0v) is 13.4. The highest BCUT2D eigenvalue weighted by Gasteiger charge is 2.30. The number of piperazine rings is 1. The van der Waals surface area contributed by atoms with Gasteiger partial charge in [0, 0.05) is 26.2 Å². The number of rotatable bonds is 5. The van der Waals surface area contributed by atoms with E-state index in [0.717, 1.165) is 13.1 Å². The summed E-state index contributed by atoms with van der Waals surface area (Å²) in [6, 6.07) is -0.262. The maximum absolute atomic E-state index is 12.0. The Labute approximate surface area is 129 Å². The van der Waals surface area contributed by atoms with Gasteiger partial charge in [-0.1, -0.05) is 6.92 Å². The van der Waals surface area contributed by atoms with Crippen molar-refractivity contribution < 1.29 is 4.79 Å². The number of nitrogens with one attached hydrogen (secondary N) is 1. The molecular weight excluding hydrogens is 292 g/mol. The molecule has 1 aromatic rings. The second kappa shape index (κ2) is 6.89. The second-order valence-electron chi connectivity index (χ2n) is 4.79. The van der Waals surface area contributed by atoms with E-state index in [-0.39, 0.29) is 17.2 Å². The highest BCUT2D eigenvalue weighted by Crippen LogP contribution is 2.20. The largest absolute Gasteiger partial charge is 0.353 e. The van der Waals surface area contributed by atoms with Crippen LogP contribution in [-0.2, 0) is 4.79 Å². The summed E-state index contributed by atoms with van der Waals surface area (Å²) in [5, 5.41) is 3.02. The van der Waals surface area contributed by atoms with E-state index in [1.807, 2.05) is 30.6 Å². The molecule has 0 radical (unpaired) electrons. The van der Waals surface area contributed by atoms with Gasteiger partial charge in [-0.3, -0.25) is 4.79 Å². The fraction of sp³-hybridized carbons (Fsp3) is 0.692. The number of carbonyl (C=O) groups excluding carboxylic acids is 1. The van der Waals surface area contributed by atoms with Crippen LogP contribution in [0.3, 0.4) is 0 Å². The van der Waals surface area contributed by atoms with Crippen molar-refractivity contribution in [2.45, 2.75) is 33.2 Å². The zero-order valence-electron chi connectivity index (χ0n) is 12.6. The summed E-state index contributed by atoms with van der Waals surface area (Å²) in [7, 11) is 0. The fourth-order valence-electron chi connectivity index (χ4n) is 2.47. The van der Waals surface area contributed by atoms with Crippen molar-refractivity contribution in [3.8, 4) is 0 Å². The SMILES string of the molecule is CCC1C(=O)NCCN1c1nc(Cl)nc(N(CC)CC)n1. The molecule has 0 aliphatic carbocycles. The molecule has 2 rings (SSSR count). The van der Waals surface area contributed by atoms with Crippen molar-refractivity contribution in [1.29, 1.82) is 0 Å². The van der Waals surface area contributed by atoms with Gasteiger partial charge in [0.2, 0.25) is 23.1 Å². The van der Waals surface area contributed by atoms with Crippen LogP contribution >= 0.6 is 11.6 Å². The first kappa shape index (κ1) is 15.8. The first-order valence-corrected chi connectivity index (χ1v) is 7.69. The monoisotopic (exact) mass is 312 g/mol. The Hall–Kier alpha value is -1.63. The molecule has 1 aliphatic heterocycles.